The first-order chi connectivity index (χ1) is 16.7. The molecule has 5 heteroatoms. The smallest absolute Gasteiger partial charge is 0.164 e. The van der Waals surface area contributed by atoms with Crippen molar-refractivity contribution in [2.45, 2.75) is 48.5 Å². The predicted molar refractivity (Wildman–Crippen MR) is 151 cm³/mol. The van der Waals surface area contributed by atoms with E-state index in [1.165, 1.54) is 5.56 Å². The molecule has 180 valence electrons. The molecule has 4 rings (SSSR count). The summed E-state index contributed by atoms with van der Waals surface area (Å²) in [5.41, 5.74) is 6.68. The average Bonchev–Trinajstić information content (AvgIpc) is 3.36. The van der Waals surface area contributed by atoms with Gasteiger partial charge in [0.05, 0.1) is 5.69 Å². The molecule has 0 atom stereocenters. The van der Waals surface area contributed by atoms with Crippen molar-refractivity contribution in [1.82, 2.24) is 14.6 Å². The maximum Gasteiger partial charge on any atom is 0.164 e. The molecule has 34 heavy (non-hydrogen) atoms. The summed E-state index contributed by atoms with van der Waals surface area (Å²) < 4.78 is 1.73. The van der Waals surface area contributed by atoms with Gasteiger partial charge < -0.3 is 0 Å². The van der Waals surface area contributed by atoms with E-state index in [-0.39, 0.29) is 0 Å². The topological polar surface area (TPSA) is 42.5 Å². The predicted octanol–water partition coefficient (Wildman–Crippen LogP) is 8.89. The van der Waals surface area contributed by atoms with Crippen molar-refractivity contribution in [3.05, 3.63) is 83.6 Å². The van der Waals surface area contributed by atoms with Gasteiger partial charge in [-0.3, -0.25) is 0 Å². The van der Waals surface area contributed by atoms with E-state index in [9.17, 15) is 0 Å². The molecule has 2 heterocycles. The molecule has 0 bridgehead atoms. The van der Waals surface area contributed by atoms with Crippen LogP contribution in [0.4, 0.5) is 5.82 Å². The second-order valence-corrected chi connectivity index (χ2v) is 6.80. The molecule has 2 aromatic heterocycles. The summed E-state index contributed by atoms with van der Waals surface area (Å²) in [6.45, 7) is 17.8. The lowest BCUT2D eigenvalue weighted by atomic mass is 10.1. The Morgan fingerprint density at radius 1 is 0.971 bits per heavy atom. The van der Waals surface area contributed by atoms with Crippen LogP contribution in [0.1, 0.15) is 58.2 Å². The van der Waals surface area contributed by atoms with Crippen LogP contribution in [0.2, 0.25) is 0 Å². The van der Waals surface area contributed by atoms with Gasteiger partial charge in [-0.2, -0.15) is 9.61 Å². The normalized spacial score (nSPS) is 10.2. The summed E-state index contributed by atoms with van der Waals surface area (Å²) in [5.74, 6) is 1.02. The van der Waals surface area contributed by atoms with E-state index < -0.39 is 0 Å². The second-order valence-electron chi connectivity index (χ2n) is 6.53. The Balaban J connectivity index is 0.000000894. The minimum atomic E-state index is 0.381. The van der Waals surface area contributed by atoms with Crippen LogP contribution in [0.25, 0.3) is 28.6 Å². The molecule has 0 radical (unpaired) electrons. The van der Waals surface area contributed by atoms with E-state index in [2.05, 4.69) is 47.9 Å². The average molecular weight is 477 g/mol. The van der Waals surface area contributed by atoms with Crippen molar-refractivity contribution in [1.29, 1.82) is 0 Å². The number of aliphatic imine (C=N–C) groups is 1. The van der Waals surface area contributed by atoms with Crippen molar-refractivity contribution >= 4 is 41.4 Å². The lowest BCUT2D eigenvalue weighted by Gasteiger charge is -2.07. The third-order valence-corrected chi connectivity index (χ3v) is 4.89. The molecule has 4 nitrogen and oxygen atoms in total. The van der Waals surface area contributed by atoms with Crippen LogP contribution in [0.15, 0.2) is 71.9 Å². The molecule has 0 fully saturated rings. The number of hydrogen-bond donors (Lipinski definition) is 0. The van der Waals surface area contributed by atoms with E-state index in [0.717, 1.165) is 33.6 Å². The summed E-state index contributed by atoms with van der Waals surface area (Å²) in [6, 6.07) is 20.2. The molecular weight excluding hydrogens is 440 g/mol. The number of benzene rings is 2. The monoisotopic (exact) mass is 476 g/mol. The molecule has 0 aliphatic carbocycles. The Kier molecular flexibility index (Phi) is 13.2. The van der Waals surface area contributed by atoms with E-state index in [1.807, 2.05) is 84.0 Å². The van der Waals surface area contributed by atoms with E-state index in [1.54, 1.807) is 10.7 Å². The largest absolute Gasteiger partial charge is 0.244 e. The van der Waals surface area contributed by atoms with Gasteiger partial charge in [-0.15, -0.1) is 11.6 Å². The molecular formula is C29H37ClN4. The Hall–Kier alpha value is -3.24. The summed E-state index contributed by atoms with van der Waals surface area (Å²) in [6.07, 6.45) is 3.78. The molecule has 2 aromatic carbocycles. The van der Waals surface area contributed by atoms with Crippen LogP contribution in [0.3, 0.4) is 0 Å². The third kappa shape index (κ3) is 7.13. The number of fused-ring (bicyclic) bond motifs is 1. The minimum Gasteiger partial charge on any atom is -0.244 e. The quantitative estimate of drug-likeness (QED) is 0.213. The fraction of sp³-hybridized carbons (Fsp3) is 0.276. The SMILES string of the molecule is C=Nc1c(/C=C(\CCl)c2ccccc2)cnc2cc(-c3ccc(C)cc3)nn12.CC.CC.CC. The summed E-state index contributed by atoms with van der Waals surface area (Å²) >= 11 is 6.21. The highest BCUT2D eigenvalue weighted by molar-refractivity contribution is 6.24. The van der Waals surface area contributed by atoms with Gasteiger partial charge >= 0.3 is 0 Å². The van der Waals surface area contributed by atoms with Gasteiger partial charge in [-0.05, 0) is 30.9 Å². The van der Waals surface area contributed by atoms with E-state index in [0.29, 0.717) is 11.7 Å². The number of rotatable bonds is 5. The fourth-order valence-electron chi connectivity index (χ4n) is 3.10. The van der Waals surface area contributed by atoms with Gasteiger partial charge in [-0.1, -0.05) is 102 Å². The summed E-state index contributed by atoms with van der Waals surface area (Å²) in [5, 5.41) is 4.71. The number of aromatic nitrogens is 3. The zero-order valence-corrected chi connectivity index (χ0v) is 22.3. The lowest BCUT2D eigenvalue weighted by Crippen LogP contribution is -1.95. The molecule has 4 aromatic rings. The summed E-state index contributed by atoms with van der Waals surface area (Å²) in [7, 11) is 0. The third-order valence-electron chi connectivity index (χ3n) is 4.60. The van der Waals surface area contributed by atoms with E-state index in [4.69, 9.17) is 16.7 Å². The van der Waals surface area contributed by atoms with Gasteiger partial charge in [0.1, 0.15) is 0 Å². The molecule has 0 aliphatic heterocycles. The van der Waals surface area contributed by atoms with Crippen molar-refractivity contribution < 1.29 is 0 Å². The minimum absolute atomic E-state index is 0.381. The highest BCUT2D eigenvalue weighted by Crippen LogP contribution is 2.28. The van der Waals surface area contributed by atoms with Crippen molar-refractivity contribution in [2.24, 2.45) is 4.99 Å². The Morgan fingerprint density at radius 3 is 2.15 bits per heavy atom. The first-order valence-corrected chi connectivity index (χ1v) is 12.5. The van der Waals surface area contributed by atoms with Gasteiger partial charge in [-0.25, -0.2) is 9.98 Å². The van der Waals surface area contributed by atoms with Gasteiger partial charge in [0.25, 0.3) is 0 Å². The maximum absolute atomic E-state index is 6.21. The van der Waals surface area contributed by atoms with Crippen molar-refractivity contribution in [2.75, 3.05) is 5.88 Å². The van der Waals surface area contributed by atoms with Gasteiger partial charge in [0, 0.05) is 29.3 Å². The zero-order chi connectivity index (χ0) is 25.5. The number of aryl methyl sites for hydroxylation is 1. The Labute approximate surface area is 210 Å². The number of hydrogen-bond acceptors (Lipinski definition) is 3. The first kappa shape index (κ1) is 28.8. The van der Waals surface area contributed by atoms with Crippen LogP contribution < -0.4 is 0 Å². The fourth-order valence-corrected chi connectivity index (χ4v) is 3.33. The zero-order valence-electron chi connectivity index (χ0n) is 21.5. The standard InChI is InChI=1S/C23H19ClN4.3C2H6/c1-16-8-10-18(11-9-16)21-13-22-26-15-20(23(25-2)28(22)27-21)12-19(14-24)17-6-4-3-5-7-17;3*1-2/h3-13,15H,2,14H2,1H3;3*1-2H3/b19-12+;;;. The number of halogens is 1. The van der Waals surface area contributed by atoms with Gasteiger partial charge in [0.2, 0.25) is 0 Å². The molecule has 0 unspecified atom stereocenters. The van der Waals surface area contributed by atoms with Gasteiger partial charge in [0.15, 0.2) is 11.5 Å². The molecule has 0 amide bonds. The first-order valence-electron chi connectivity index (χ1n) is 11.9. The highest BCUT2D eigenvalue weighted by Gasteiger charge is 2.12. The highest BCUT2D eigenvalue weighted by atomic mass is 35.5. The summed E-state index contributed by atoms with van der Waals surface area (Å²) in [4.78, 5) is 8.78. The van der Waals surface area contributed by atoms with Crippen LogP contribution >= 0.6 is 11.6 Å². The molecule has 0 spiro atoms. The number of allylic oxidation sites excluding steroid dienone is 1. The van der Waals surface area contributed by atoms with Crippen molar-refractivity contribution in [3.8, 4) is 11.3 Å². The Bertz CT molecular complexity index is 1160. The molecule has 0 saturated heterocycles. The van der Waals surface area contributed by atoms with E-state index >= 15 is 0 Å². The maximum atomic E-state index is 6.21. The number of alkyl halides is 1. The van der Waals surface area contributed by atoms with Crippen LogP contribution in [0, 0.1) is 6.92 Å². The molecule has 0 aliphatic rings. The molecule has 0 saturated carbocycles. The number of nitrogens with zero attached hydrogens (tertiary/aromatic N) is 4. The van der Waals surface area contributed by atoms with Crippen molar-refractivity contribution in [3.63, 3.8) is 0 Å². The second kappa shape index (κ2) is 15.6. The Morgan fingerprint density at radius 2 is 1.59 bits per heavy atom. The molecule has 0 N–H and O–H groups in total. The van der Waals surface area contributed by atoms with Crippen LogP contribution in [-0.2, 0) is 0 Å². The van der Waals surface area contributed by atoms with Crippen LogP contribution in [-0.4, -0.2) is 27.2 Å². The van der Waals surface area contributed by atoms with Crippen LogP contribution in [0.5, 0.6) is 0 Å². The lowest BCUT2D eigenvalue weighted by molar-refractivity contribution is 0.939.